The van der Waals surface area contributed by atoms with Crippen LogP contribution in [0.15, 0.2) is 18.2 Å². The van der Waals surface area contributed by atoms with E-state index < -0.39 is 16.3 Å². The molecule has 0 aliphatic carbocycles. The highest BCUT2D eigenvalue weighted by Crippen LogP contribution is 2.37. The molecule has 5 nitrogen and oxygen atoms in total. The summed E-state index contributed by atoms with van der Waals surface area (Å²) >= 11 is 6.00. The lowest BCUT2D eigenvalue weighted by Gasteiger charge is -2.26. The van der Waals surface area contributed by atoms with Crippen LogP contribution in [0, 0.1) is 15.5 Å². The van der Waals surface area contributed by atoms with E-state index in [9.17, 15) is 20.0 Å². The second-order valence-electron chi connectivity index (χ2n) is 4.46. The molecule has 0 aromatic heterocycles. The molecule has 0 atom stereocenters. The van der Waals surface area contributed by atoms with Crippen LogP contribution in [0.25, 0.3) is 0 Å². The van der Waals surface area contributed by atoms with Gasteiger partial charge in [-0.2, -0.15) is 0 Å². The maximum absolute atomic E-state index is 11.5. The first-order valence-corrected chi connectivity index (χ1v) is 6.41. The molecule has 0 saturated heterocycles. The second kappa shape index (κ2) is 6.02. The molecular weight excluding hydrogens is 270 g/mol. The van der Waals surface area contributed by atoms with Gasteiger partial charge in [-0.3, -0.25) is 14.9 Å². The van der Waals surface area contributed by atoms with Crippen molar-refractivity contribution in [2.75, 3.05) is 0 Å². The lowest BCUT2D eigenvalue weighted by molar-refractivity contribution is -0.385. The molecule has 0 amide bonds. The molecule has 0 heterocycles. The predicted octanol–water partition coefficient (Wildman–Crippen LogP) is 3.68. The van der Waals surface area contributed by atoms with Crippen LogP contribution < -0.4 is 0 Å². The molecule has 0 spiro atoms. The number of carboxylic acid groups (broad SMARTS) is 1. The summed E-state index contributed by atoms with van der Waals surface area (Å²) in [6.45, 7) is 3.53. The highest BCUT2D eigenvalue weighted by Gasteiger charge is 2.37. The molecule has 0 unspecified atom stereocenters. The Labute approximate surface area is 116 Å². The summed E-state index contributed by atoms with van der Waals surface area (Å²) in [4.78, 5) is 21.9. The smallest absolute Gasteiger partial charge is 0.309 e. The number of benzene rings is 1. The first-order chi connectivity index (χ1) is 8.88. The van der Waals surface area contributed by atoms with Crippen molar-refractivity contribution in [3.63, 3.8) is 0 Å². The quantitative estimate of drug-likeness (QED) is 0.638. The average molecular weight is 286 g/mol. The zero-order valence-corrected chi connectivity index (χ0v) is 11.6. The summed E-state index contributed by atoms with van der Waals surface area (Å²) in [5, 5.41) is 20.6. The molecular formula is C13H16ClNO4. The van der Waals surface area contributed by atoms with Crippen LogP contribution >= 0.6 is 11.6 Å². The Hall–Kier alpha value is -1.62. The Balaban J connectivity index is 3.31. The molecule has 0 radical (unpaired) electrons. The van der Waals surface area contributed by atoms with Gasteiger partial charge in [-0.1, -0.05) is 31.5 Å². The van der Waals surface area contributed by atoms with Crippen molar-refractivity contribution in [2.45, 2.75) is 33.1 Å². The van der Waals surface area contributed by atoms with Crippen LogP contribution in [0.5, 0.6) is 0 Å². The van der Waals surface area contributed by atoms with Crippen LogP contribution in [0.1, 0.15) is 32.3 Å². The number of rotatable bonds is 6. The van der Waals surface area contributed by atoms with Gasteiger partial charge < -0.3 is 5.11 Å². The van der Waals surface area contributed by atoms with E-state index in [-0.39, 0.29) is 17.1 Å². The monoisotopic (exact) mass is 285 g/mol. The second-order valence-corrected chi connectivity index (χ2v) is 4.87. The van der Waals surface area contributed by atoms with Gasteiger partial charge in [0.05, 0.1) is 15.4 Å². The molecule has 1 aromatic carbocycles. The Morgan fingerprint density at radius 1 is 1.42 bits per heavy atom. The standard InChI is InChI=1S/C13H16ClNO4/c1-3-13(4-2,12(16)17)8-9-10(14)6-5-7-11(9)15(18)19/h5-7H,3-4,8H2,1-2H3,(H,16,17). The number of nitro benzene ring substituents is 1. The van der Waals surface area contributed by atoms with E-state index in [4.69, 9.17) is 11.6 Å². The minimum atomic E-state index is -1.02. The van der Waals surface area contributed by atoms with Crippen molar-refractivity contribution in [3.8, 4) is 0 Å². The molecule has 0 bridgehead atoms. The van der Waals surface area contributed by atoms with E-state index in [1.54, 1.807) is 19.9 Å². The Bertz CT molecular complexity index is 497. The summed E-state index contributed by atoms with van der Waals surface area (Å²) < 4.78 is 0. The third kappa shape index (κ3) is 3.04. The van der Waals surface area contributed by atoms with E-state index in [0.717, 1.165) is 0 Å². The summed E-state index contributed by atoms with van der Waals surface area (Å²) in [5.41, 5.74) is -0.851. The predicted molar refractivity (Wildman–Crippen MR) is 72.5 cm³/mol. The van der Waals surface area contributed by atoms with E-state index in [1.165, 1.54) is 12.1 Å². The molecule has 1 rings (SSSR count). The number of hydrogen-bond donors (Lipinski definition) is 1. The zero-order valence-electron chi connectivity index (χ0n) is 10.9. The minimum Gasteiger partial charge on any atom is -0.481 e. The van der Waals surface area contributed by atoms with E-state index in [0.29, 0.717) is 18.4 Å². The number of carboxylic acids is 1. The van der Waals surface area contributed by atoms with Crippen LogP contribution in [0.3, 0.4) is 0 Å². The van der Waals surface area contributed by atoms with Crippen LogP contribution in [-0.2, 0) is 11.2 Å². The normalized spacial score (nSPS) is 11.3. The van der Waals surface area contributed by atoms with Gasteiger partial charge in [0.1, 0.15) is 0 Å². The highest BCUT2D eigenvalue weighted by atomic mass is 35.5. The number of nitrogens with zero attached hydrogens (tertiary/aromatic N) is 1. The van der Waals surface area contributed by atoms with Gasteiger partial charge in [0, 0.05) is 11.6 Å². The van der Waals surface area contributed by atoms with Gasteiger partial charge in [0.2, 0.25) is 0 Å². The number of nitro groups is 1. The molecule has 0 saturated carbocycles. The highest BCUT2D eigenvalue weighted by molar-refractivity contribution is 6.31. The molecule has 6 heteroatoms. The molecule has 0 aliphatic rings. The number of carbonyl (C=O) groups is 1. The van der Waals surface area contributed by atoms with Gasteiger partial charge in [-0.15, -0.1) is 0 Å². The lowest BCUT2D eigenvalue weighted by Crippen LogP contribution is -2.32. The SMILES string of the molecule is CCC(CC)(Cc1c(Cl)cccc1[N+](=O)[O-])C(=O)O. The first-order valence-electron chi connectivity index (χ1n) is 6.03. The Morgan fingerprint density at radius 3 is 2.42 bits per heavy atom. The van der Waals surface area contributed by atoms with Gasteiger partial charge in [-0.25, -0.2) is 0 Å². The molecule has 0 fully saturated rings. The molecule has 104 valence electrons. The number of aliphatic carboxylic acids is 1. The van der Waals surface area contributed by atoms with Gasteiger partial charge >= 0.3 is 5.97 Å². The largest absolute Gasteiger partial charge is 0.481 e. The average Bonchev–Trinajstić information content (AvgIpc) is 2.37. The fourth-order valence-electron chi connectivity index (χ4n) is 2.11. The molecule has 19 heavy (non-hydrogen) atoms. The van der Waals surface area contributed by atoms with Crippen molar-refractivity contribution >= 4 is 23.3 Å². The Morgan fingerprint density at radius 2 is 2.00 bits per heavy atom. The summed E-state index contributed by atoms with van der Waals surface area (Å²) in [7, 11) is 0. The van der Waals surface area contributed by atoms with Crippen LogP contribution in [0.2, 0.25) is 5.02 Å². The zero-order chi connectivity index (χ0) is 14.6. The number of hydrogen-bond acceptors (Lipinski definition) is 3. The first kappa shape index (κ1) is 15.4. The molecule has 0 aliphatic heterocycles. The maximum Gasteiger partial charge on any atom is 0.309 e. The summed E-state index contributed by atoms with van der Waals surface area (Å²) in [5.74, 6) is -0.952. The Kier molecular flexibility index (Phi) is 4.89. The van der Waals surface area contributed by atoms with Gasteiger partial charge in [0.15, 0.2) is 0 Å². The van der Waals surface area contributed by atoms with Crippen molar-refractivity contribution in [1.82, 2.24) is 0 Å². The fraction of sp³-hybridized carbons (Fsp3) is 0.462. The maximum atomic E-state index is 11.5. The third-order valence-corrected chi connectivity index (χ3v) is 3.97. The lowest BCUT2D eigenvalue weighted by atomic mass is 9.76. The van der Waals surface area contributed by atoms with E-state index in [2.05, 4.69) is 0 Å². The number of halogens is 1. The third-order valence-electron chi connectivity index (χ3n) is 3.61. The van der Waals surface area contributed by atoms with E-state index >= 15 is 0 Å². The fourth-order valence-corrected chi connectivity index (χ4v) is 2.35. The van der Waals surface area contributed by atoms with Gasteiger partial charge in [-0.05, 0) is 25.3 Å². The van der Waals surface area contributed by atoms with Crippen molar-refractivity contribution in [2.24, 2.45) is 5.41 Å². The van der Waals surface area contributed by atoms with Crippen molar-refractivity contribution in [3.05, 3.63) is 38.9 Å². The minimum absolute atomic E-state index is 0.0608. The topological polar surface area (TPSA) is 80.4 Å². The van der Waals surface area contributed by atoms with E-state index in [1.807, 2.05) is 0 Å². The van der Waals surface area contributed by atoms with Crippen LogP contribution in [-0.4, -0.2) is 16.0 Å². The van der Waals surface area contributed by atoms with Crippen LogP contribution in [0.4, 0.5) is 5.69 Å². The summed E-state index contributed by atoms with van der Waals surface area (Å²) in [6.07, 6.45) is 0.841. The molecule has 1 N–H and O–H groups in total. The van der Waals surface area contributed by atoms with Crippen molar-refractivity contribution in [1.29, 1.82) is 0 Å². The molecule has 1 aromatic rings. The summed E-state index contributed by atoms with van der Waals surface area (Å²) in [6, 6.07) is 4.38. The van der Waals surface area contributed by atoms with Crippen molar-refractivity contribution < 1.29 is 14.8 Å². The van der Waals surface area contributed by atoms with Gasteiger partial charge in [0.25, 0.3) is 5.69 Å².